The molecule has 0 atom stereocenters. The number of aliphatic carboxylic acids is 1. The molecule has 35 heavy (non-hydrogen) atoms. The summed E-state index contributed by atoms with van der Waals surface area (Å²) in [4.78, 5) is 36.0. The van der Waals surface area contributed by atoms with Crippen LogP contribution < -0.4 is 15.4 Å². The number of benzene rings is 2. The van der Waals surface area contributed by atoms with Crippen LogP contribution in [-0.2, 0) is 4.79 Å². The molecule has 0 bridgehead atoms. The number of carbonyl (C=O) groups is 3. The Kier molecular flexibility index (Phi) is 7.96. The smallest absolute Gasteiger partial charge is 0.306 e. The maximum Gasteiger partial charge on any atom is 0.306 e. The normalized spacial score (nSPS) is 19.6. The van der Waals surface area contributed by atoms with Crippen LogP contribution in [0.25, 0.3) is 0 Å². The Morgan fingerprint density at radius 3 is 2.23 bits per heavy atom. The summed E-state index contributed by atoms with van der Waals surface area (Å²) >= 11 is 6.32. The van der Waals surface area contributed by atoms with E-state index in [4.69, 9.17) is 21.4 Å². The maximum atomic E-state index is 12.5. The molecule has 0 aromatic heterocycles. The van der Waals surface area contributed by atoms with E-state index in [0.29, 0.717) is 55.0 Å². The van der Waals surface area contributed by atoms with Crippen LogP contribution in [0.5, 0.6) is 5.75 Å². The highest BCUT2D eigenvalue weighted by atomic mass is 35.5. The third-order valence-corrected chi connectivity index (χ3v) is 7.07. The first-order valence-electron chi connectivity index (χ1n) is 12.2. The lowest BCUT2D eigenvalue weighted by Gasteiger charge is -2.26. The molecule has 186 valence electrons. The fraction of sp³-hybridized carbons (Fsp3) is 0.444. The van der Waals surface area contributed by atoms with E-state index in [1.807, 2.05) is 25.1 Å². The van der Waals surface area contributed by atoms with Gasteiger partial charge in [-0.25, -0.2) is 0 Å². The van der Waals surface area contributed by atoms with Crippen LogP contribution in [0.3, 0.4) is 0 Å². The van der Waals surface area contributed by atoms with Gasteiger partial charge in [0.15, 0.2) is 0 Å². The summed E-state index contributed by atoms with van der Waals surface area (Å²) in [7, 11) is 0. The first kappa shape index (κ1) is 25.0. The van der Waals surface area contributed by atoms with E-state index in [2.05, 4.69) is 10.6 Å². The molecule has 0 aliphatic heterocycles. The van der Waals surface area contributed by atoms with Gasteiger partial charge >= 0.3 is 5.97 Å². The van der Waals surface area contributed by atoms with Crippen LogP contribution in [0.1, 0.15) is 76.3 Å². The van der Waals surface area contributed by atoms with Crippen LogP contribution in [0.15, 0.2) is 36.4 Å². The molecule has 2 aromatic rings. The van der Waals surface area contributed by atoms with Crippen molar-refractivity contribution in [3.05, 3.63) is 63.7 Å². The second kappa shape index (κ2) is 11.1. The van der Waals surface area contributed by atoms with Crippen molar-refractivity contribution >= 4 is 29.4 Å². The van der Waals surface area contributed by atoms with Crippen molar-refractivity contribution in [2.45, 2.75) is 57.5 Å². The van der Waals surface area contributed by atoms with Crippen molar-refractivity contribution in [1.29, 1.82) is 0 Å². The summed E-state index contributed by atoms with van der Waals surface area (Å²) in [5.41, 5.74) is 3.41. The number of hydrogen-bond donors (Lipinski definition) is 3. The van der Waals surface area contributed by atoms with Gasteiger partial charge in [-0.15, -0.1) is 0 Å². The lowest BCUT2D eigenvalue weighted by molar-refractivity contribution is -0.143. The number of rotatable bonds is 9. The zero-order valence-electron chi connectivity index (χ0n) is 19.8. The molecule has 2 aliphatic carbocycles. The summed E-state index contributed by atoms with van der Waals surface area (Å²) in [6, 6.07) is 10.7. The fourth-order valence-electron chi connectivity index (χ4n) is 4.59. The molecule has 2 aliphatic rings. The van der Waals surface area contributed by atoms with Crippen molar-refractivity contribution in [3.63, 3.8) is 0 Å². The molecule has 3 N–H and O–H groups in total. The Hall–Kier alpha value is -3.06. The number of amides is 2. The number of nitrogens with one attached hydrogen (secondary N) is 2. The van der Waals surface area contributed by atoms with Crippen LogP contribution in [0, 0.1) is 12.8 Å². The van der Waals surface area contributed by atoms with Gasteiger partial charge in [0.1, 0.15) is 5.75 Å². The van der Waals surface area contributed by atoms with Crippen LogP contribution in [-0.4, -0.2) is 42.1 Å². The minimum absolute atomic E-state index is 0.0568. The van der Waals surface area contributed by atoms with E-state index in [1.165, 1.54) is 18.4 Å². The molecule has 4 rings (SSSR count). The lowest BCUT2D eigenvalue weighted by Crippen LogP contribution is -2.34. The Balaban J connectivity index is 1.21. The van der Waals surface area contributed by atoms with E-state index < -0.39 is 5.97 Å². The van der Waals surface area contributed by atoms with Crippen molar-refractivity contribution < 1.29 is 24.2 Å². The highest BCUT2D eigenvalue weighted by Crippen LogP contribution is 2.41. The number of carbonyl (C=O) groups excluding carboxylic acids is 2. The number of carboxylic acids is 1. The predicted octanol–water partition coefficient (Wildman–Crippen LogP) is 4.71. The molecular weight excluding hydrogens is 468 g/mol. The quantitative estimate of drug-likeness (QED) is 0.434. The summed E-state index contributed by atoms with van der Waals surface area (Å²) in [6.07, 6.45) is 4.92. The van der Waals surface area contributed by atoms with Gasteiger partial charge in [-0.1, -0.05) is 17.7 Å². The van der Waals surface area contributed by atoms with Crippen LogP contribution >= 0.6 is 11.6 Å². The third kappa shape index (κ3) is 6.54. The van der Waals surface area contributed by atoms with Crippen molar-refractivity contribution in [2.75, 3.05) is 13.1 Å². The molecule has 0 heterocycles. The summed E-state index contributed by atoms with van der Waals surface area (Å²) in [5.74, 6) is -0.344. The summed E-state index contributed by atoms with van der Waals surface area (Å²) in [6.45, 7) is 2.60. The zero-order valence-corrected chi connectivity index (χ0v) is 20.6. The molecule has 2 amide bonds. The largest absolute Gasteiger partial charge is 0.490 e. The fourth-order valence-corrected chi connectivity index (χ4v) is 4.85. The van der Waals surface area contributed by atoms with Gasteiger partial charge in [0.2, 0.25) is 0 Å². The highest BCUT2D eigenvalue weighted by molar-refractivity contribution is 6.34. The molecule has 2 fully saturated rings. The average molecular weight is 499 g/mol. The van der Waals surface area contributed by atoms with E-state index in [0.717, 1.165) is 5.56 Å². The first-order valence-corrected chi connectivity index (χ1v) is 12.6. The van der Waals surface area contributed by atoms with Gasteiger partial charge in [0.05, 0.1) is 22.6 Å². The van der Waals surface area contributed by atoms with E-state index >= 15 is 0 Å². The number of carboxylic acid groups (broad SMARTS) is 1. The SMILES string of the molecule is Cc1cc(C(=O)NCCNC(=O)c2ccc(O[C@H]3CC[C@@H](C(=O)O)CC3)cc2Cl)ccc1C1CC1. The van der Waals surface area contributed by atoms with Crippen molar-refractivity contribution in [3.8, 4) is 5.75 Å². The Morgan fingerprint density at radius 1 is 0.943 bits per heavy atom. The maximum absolute atomic E-state index is 12.5. The molecule has 7 nitrogen and oxygen atoms in total. The topological polar surface area (TPSA) is 105 Å². The standard InChI is InChI=1S/C27H31ClN2O5/c1-16-14-19(6-10-22(16)17-2-3-17)25(31)29-12-13-30-26(32)23-11-9-21(15-24(23)28)35-20-7-4-18(5-8-20)27(33)34/h6,9-11,14-15,17-18,20H,2-5,7-8,12-13H2,1H3,(H,29,31)(H,30,32)(H,33,34)/t18-,20+. The second-order valence-electron chi connectivity index (χ2n) is 9.43. The number of aryl methyl sites for hydroxylation is 1. The monoisotopic (exact) mass is 498 g/mol. The third-order valence-electron chi connectivity index (χ3n) is 6.76. The van der Waals surface area contributed by atoms with Crippen LogP contribution in [0.4, 0.5) is 0 Å². The van der Waals surface area contributed by atoms with E-state index in [9.17, 15) is 14.4 Å². The Bertz CT molecular complexity index is 1110. The Labute approximate surface area is 210 Å². The highest BCUT2D eigenvalue weighted by Gasteiger charge is 2.27. The molecule has 8 heteroatoms. The molecule has 0 radical (unpaired) electrons. The van der Waals surface area contributed by atoms with E-state index in [1.54, 1.807) is 18.2 Å². The minimum atomic E-state index is -0.751. The van der Waals surface area contributed by atoms with Gasteiger partial charge in [-0.3, -0.25) is 14.4 Å². The molecule has 0 saturated heterocycles. The van der Waals surface area contributed by atoms with Crippen molar-refractivity contribution in [1.82, 2.24) is 10.6 Å². The lowest BCUT2D eigenvalue weighted by atomic mass is 9.87. The predicted molar refractivity (Wildman–Crippen MR) is 133 cm³/mol. The molecule has 0 spiro atoms. The van der Waals surface area contributed by atoms with Gasteiger partial charge in [0, 0.05) is 18.7 Å². The average Bonchev–Trinajstić information content (AvgIpc) is 3.67. The van der Waals surface area contributed by atoms with Gasteiger partial charge in [0.25, 0.3) is 11.8 Å². The van der Waals surface area contributed by atoms with Gasteiger partial charge in [-0.2, -0.15) is 0 Å². The van der Waals surface area contributed by atoms with Gasteiger partial charge in [-0.05, 0) is 92.8 Å². The Morgan fingerprint density at radius 2 is 1.63 bits per heavy atom. The number of hydrogen-bond acceptors (Lipinski definition) is 4. The number of ether oxygens (including phenoxy) is 1. The zero-order chi connectivity index (χ0) is 24.9. The molecule has 2 saturated carbocycles. The summed E-state index contributed by atoms with van der Waals surface area (Å²) < 4.78 is 5.94. The van der Waals surface area contributed by atoms with Gasteiger partial charge < -0.3 is 20.5 Å². The molecule has 0 unspecified atom stereocenters. The molecular formula is C27H31ClN2O5. The van der Waals surface area contributed by atoms with Crippen LogP contribution in [0.2, 0.25) is 5.02 Å². The van der Waals surface area contributed by atoms with E-state index in [-0.39, 0.29) is 35.4 Å². The molecule has 2 aromatic carbocycles. The number of halogens is 1. The second-order valence-corrected chi connectivity index (χ2v) is 9.84. The minimum Gasteiger partial charge on any atom is -0.490 e. The van der Waals surface area contributed by atoms with Crippen molar-refractivity contribution in [2.24, 2.45) is 5.92 Å². The summed E-state index contributed by atoms with van der Waals surface area (Å²) in [5, 5.41) is 15.0. The first-order chi connectivity index (χ1) is 16.8.